The van der Waals surface area contributed by atoms with Gasteiger partial charge in [-0.05, 0) is 104 Å². The number of rotatable bonds is 10. The molecule has 0 N–H and O–H groups in total. The molecule has 7 aromatic rings. The van der Waals surface area contributed by atoms with Crippen LogP contribution in [-0.4, -0.2) is 19.3 Å². The van der Waals surface area contributed by atoms with E-state index in [1.54, 1.807) is 0 Å². The standard InChI is InChI=1S/C42H42N4O/c1-6-11-31-22-23-43-41(25-31)45-39-21-18-32(17-16-28(2)3)24-38(39)37-20-19-36(27-40(37)45)47-35-15-10-14-34(26-35)46-30(5)42(29(4)44-46)33-12-8-7-9-13-33/h7-10,12-15,18-28H,6,11,16-17H2,1-5H3. The summed E-state index contributed by atoms with van der Waals surface area (Å²) in [5, 5.41) is 7.36. The molecule has 0 bridgehead atoms. The molecule has 7 rings (SSSR count). The molecular formula is C42H42N4O. The first-order valence-electron chi connectivity index (χ1n) is 16.8. The predicted octanol–water partition coefficient (Wildman–Crippen LogP) is 11.0. The van der Waals surface area contributed by atoms with Gasteiger partial charge in [0, 0.05) is 40.4 Å². The highest BCUT2D eigenvalue weighted by Gasteiger charge is 2.17. The van der Waals surface area contributed by atoms with Crippen molar-refractivity contribution in [3.05, 3.63) is 132 Å². The van der Waals surface area contributed by atoms with E-state index < -0.39 is 0 Å². The third kappa shape index (κ3) is 6.06. The fourth-order valence-corrected chi connectivity index (χ4v) is 6.73. The van der Waals surface area contributed by atoms with E-state index in [9.17, 15) is 0 Å². The number of pyridine rings is 1. The van der Waals surface area contributed by atoms with Crippen molar-refractivity contribution in [3.8, 4) is 34.1 Å². The van der Waals surface area contributed by atoms with E-state index in [-0.39, 0.29) is 0 Å². The molecule has 0 aliphatic heterocycles. The van der Waals surface area contributed by atoms with Crippen molar-refractivity contribution in [3.63, 3.8) is 0 Å². The Balaban J connectivity index is 1.29. The van der Waals surface area contributed by atoms with Crippen LogP contribution < -0.4 is 4.74 Å². The second-order valence-corrected chi connectivity index (χ2v) is 13.0. The number of fused-ring (bicyclic) bond motifs is 3. The molecule has 0 saturated heterocycles. The summed E-state index contributed by atoms with van der Waals surface area (Å²) < 4.78 is 10.9. The van der Waals surface area contributed by atoms with Gasteiger partial charge in [0.2, 0.25) is 0 Å². The second-order valence-electron chi connectivity index (χ2n) is 13.0. The van der Waals surface area contributed by atoms with Crippen LogP contribution in [0, 0.1) is 19.8 Å². The zero-order valence-corrected chi connectivity index (χ0v) is 28.0. The third-order valence-corrected chi connectivity index (χ3v) is 9.04. The molecule has 3 heterocycles. The average molecular weight is 619 g/mol. The van der Waals surface area contributed by atoms with Gasteiger partial charge in [0.1, 0.15) is 17.3 Å². The van der Waals surface area contributed by atoms with Crippen LogP contribution in [0.15, 0.2) is 109 Å². The van der Waals surface area contributed by atoms with Gasteiger partial charge in [-0.1, -0.05) is 69.7 Å². The fourth-order valence-electron chi connectivity index (χ4n) is 6.73. The van der Waals surface area contributed by atoms with Gasteiger partial charge in [0.25, 0.3) is 0 Å². The monoisotopic (exact) mass is 618 g/mol. The minimum absolute atomic E-state index is 0.669. The summed E-state index contributed by atoms with van der Waals surface area (Å²) in [7, 11) is 0. The van der Waals surface area contributed by atoms with E-state index in [4.69, 9.17) is 14.8 Å². The van der Waals surface area contributed by atoms with Crippen molar-refractivity contribution in [2.24, 2.45) is 5.92 Å². The summed E-state index contributed by atoms with van der Waals surface area (Å²) in [6.45, 7) is 11.0. The zero-order chi connectivity index (χ0) is 32.5. The van der Waals surface area contributed by atoms with E-state index in [0.717, 1.165) is 64.7 Å². The quantitative estimate of drug-likeness (QED) is 0.153. The highest BCUT2D eigenvalue weighted by atomic mass is 16.5. The predicted molar refractivity (Wildman–Crippen MR) is 194 cm³/mol. The van der Waals surface area contributed by atoms with Gasteiger partial charge in [-0.2, -0.15) is 5.10 Å². The largest absolute Gasteiger partial charge is 0.457 e. The van der Waals surface area contributed by atoms with Gasteiger partial charge < -0.3 is 4.74 Å². The molecule has 5 nitrogen and oxygen atoms in total. The Bertz CT molecular complexity index is 2190. The Morgan fingerprint density at radius 3 is 2.34 bits per heavy atom. The van der Waals surface area contributed by atoms with Crippen molar-refractivity contribution >= 4 is 21.8 Å². The van der Waals surface area contributed by atoms with E-state index in [1.165, 1.54) is 39.4 Å². The highest BCUT2D eigenvalue weighted by Crippen LogP contribution is 2.36. The maximum atomic E-state index is 6.57. The van der Waals surface area contributed by atoms with Crippen LogP contribution in [0.3, 0.4) is 0 Å². The minimum atomic E-state index is 0.669. The van der Waals surface area contributed by atoms with Crippen LogP contribution in [0.5, 0.6) is 11.5 Å². The molecule has 47 heavy (non-hydrogen) atoms. The number of aromatic nitrogens is 4. The molecule has 4 aromatic carbocycles. The number of benzene rings is 4. The molecule has 3 aromatic heterocycles. The van der Waals surface area contributed by atoms with Gasteiger partial charge in [-0.15, -0.1) is 0 Å². The lowest BCUT2D eigenvalue weighted by Crippen LogP contribution is -2.00. The summed E-state index contributed by atoms with van der Waals surface area (Å²) in [5.74, 6) is 3.14. The van der Waals surface area contributed by atoms with E-state index in [2.05, 4.69) is 124 Å². The van der Waals surface area contributed by atoms with Crippen LogP contribution in [0.4, 0.5) is 0 Å². The second kappa shape index (κ2) is 12.9. The summed E-state index contributed by atoms with van der Waals surface area (Å²) in [4.78, 5) is 4.86. The minimum Gasteiger partial charge on any atom is -0.457 e. The molecule has 0 radical (unpaired) electrons. The van der Waals surface area contributed by atoms with Gasteiger partial charge in [-0.25, -0.2) is 9.67 Å². The van der Waals surface area contributed by atoms with Crippen LogP contribution in [0.25, 0.3) is 44.4 Å². The molecule has 236 valence electrons. The first-order chi connectivity index (χ1) is 22.9. The summed E-state index contributed by atoms with van der Waals surface area (Å²) in [5.41, 5.74) is 10.3. The van der Waals surface area contributed by atoms with E-state index in [1.807, 2.05) is 29.1 Å². The summed E-state index contributed by atoms with van der Waals surface area (Å²) in [6.07, 6.45) is 6.30. The zero-order valence-electron chi connectivity index (χ0n) is 28.0. The molecule has 0 fully saturated rings. The lowest BCUT2D eigenvalue weighted by atomic mass is 10.0. The molecule has 0 saturated carbocycles. The third-order valence-electron chi connectivity index (χ3n) is 9.04. The van der Waals surface area contributed by atoms with Crippen molar-refractivity contribution in [1.29, 1.82) is 0 Å². The number of aryl methyl sites for hydroxylation is 3. The maximum absolute atomic E-state index is 6.57. The number of nitrogens with zero attached hydrogens (tertiary/aromatic N) is 4. The Morgan fingerprint density at radius 1 is 0.723 bits per heavy atom. The number of hydrogen-bond donors (Lipinski definition) is 0. The van der Waals surface area contributed by atoms with Crippen molar-refractivity contribution in [2.45, 2.75) is 60.3 Å². The highest BCUT2D eigenvalue weighted by molar-refractivity contribution is 6.09. The van der Waals surface area contributed by atoms with Crippen LogP contribution in [-0.2, 0) is 12.8 Å². The SMILES string of the molecule is CCCc1ccnc(-n2c3ccc(CCC(C)C)cc3c3ccc(Oc4cccc(-n5nc(C)c(-c6ccccc6)c5C)c4)cc32)c1. The molecule has 0 atom stereocenters. The molecule has 0 amide bonds. The topological polar surface area (TPSA) is 44.9 Å². The van der Waals surface area contributed by atoms with Gasteiger partial charge >= 0.3 is 0 Å². The normalized spacial score (nSPS) is 11.6. The Hall–Kier alpha value is -5.16. The van der Waals surface area contributed by atoms with Crippen molar-refractivity contribution in [2.75, 3.05) is 0 Å². The molecular weight excluding hydrogens is 576 g/mol. The smallest absolute Gasteiger partial charge is 0.137 e. The van der Waals surface area contributed by atoms with E-state index in [0.29, 0.717) is 5.92 Å². The van der Waals surface area contributed by atoms with E-state index >= 15 is 0 Å². The van der Waals surface area contributed by atoms with Gasteiger partial charge in [-0.3, -0.25) is 4.57 Å². The fraction of sp³-hybridized carbons (Fsp3) is 0.238. The molecule has 0 aliphatic rings. The lowest BCUT2D eigenvalue weighted by molar-refractivity contribution is 0.482. The van der Waals surface area contributed by atoms with Crippen molar-refractivity contribution in [1.82, 2.24) is 19.3 Å². The van der Waals surface area contributed by atoms with Gasteiger partial charge in [0.15, 0.2) is 0 Å². The number of hydrogen-bond acceptors (Lipinski definition) is 3. The van der Waals surface area contributed by atoms with Gasteiger partial charge in [0.05, 0.1) is 22.4 Å². The summed E-state index contributed by atoms with van der Waals surface area (Å²) >= 11 is 0. The Morgan fingerprint density at radius 2 is 1.53 bits per heavy atom. The first-order valence-corrected chi connectivity index (χ1v) is 16.8. The average Bonchev–Trinajstić information content (AvgIpc) is 3.56. The van der Waals surface area contributed by atoms with Crippen molar-refractivity contribution < 1.29 is 4.74 Å². The molecule has 0 aliphatic carbocycles. The Labute approximate surface area is 277 Å². The molecule has 0 spiro atoms. The van der Waals surface area contributed by atoms with Crippen LogP contribution in [0.1, 0.15) is 56.1 Å². The van der Waals surface area contributed by atoms with Crippen LogP contribution in [0.2, 0.25) is 0 Å². The van der Waals surface area contributed by atoms with Crippen LogP contribution >= 0.6 is 0 Å². The molecule has 0 unspecified atom stereocenters. The molecule has 5 heteroatoms. The summed E-state index contributed by atoms with van der Waals surface area (Å²) in [6, 6.07) is 36.3. The Kier molecular flexibility index (Phi) is 8.38. The lowest BCUT2D eigenvalue weighted by Gasteiger charge is -2.11. The maximum Gasteiger partial charge on any atom is 0.137 e. The number of ether oxygens (including phenoxy) is 1. The first kappa shape index (κ1) is 30.5.